The van der Waals surface area contributed by atoms with Gasteiger partial charge in [-0.25, -0.2) is 0 Å². The molecule has 100 valence electrons. The molecule has 0 rings (SSSR count). The summed E-state index contributed by atoms with van der Waals surface area (Å²) in [5.41, 5.74) is 0. The molecule has 0 saturated heterocycles. The molecule has 0 aliphatic rings. The zero-order valence-corrected chi connectivity index (χ0v) is 11.4. The van der Waals surface area contributed by atoms with Crippen LogP contribution < -0.4 is 0 Å². The van der Waals surface area contributed by atoms with Crippen LogP contribution in [0.3, 0.4) is 0 Å². The lowest BCUT2D eigenvalue weighted by Gasteiger charge is -2.04. The lowest BCUT2D eigenvalue weighted by molar-refractivity contribution is -0.0502. The average Bonchev–Trinajstić information content (AvgIpc) is 2.35. The van der Waals surface area contributed by atoms with Crippen molar-refractivity contribution in [3.05, 3.63) is 0 Å². The maximum absolute atomic E-state index is 5.31. The molecule has 0 amide bonds. The van der Waals surface area contributed by atoms with Crippen LogP contribution in [0.1, 0.15) is 64.7 Å². The predicted octanol–water partition coefficient (Wildman–Crippen LogP) is 4.14. The smallest absolute Gasteiger partial charge is 0.146 e. The molecule has 0 bridgehead atoms. The quantitative estimate of drug-likeness (QED) is 0.274. The summed E-state index contributed by atoms with van der Waals surface area (Å²) < 4.78 is 10.4. The molecule has 0 aliphatic heterocycles. The van der Waals surface area contributed by atoms with E-state index in [2.05, 4.69) is 5.92 Å². The highest BCUT2D eigenvalue weighted by atomic mass is 16.7. The summed E-state index contributed by atoms with van der Waals surface area (Å²) in [5.74, 6) is 2.68. The Kier molecular flexibility index (Phi) is 15.0. The number of rotatable bonds is 13. The van der Waals surface area contributed by atoms with Gasteiger partial charge >= 0.3 is 0 Å². The van der Waals surface area contributed by atoms with Crippen LogP contribution >= 0.6 is 0 Å². The van der Waals surface area contributed by atoms with Gasteiger partial charge in [0.1, 0.15) is 6.79 Å². The van der Waals surface area contributed by atoms with Gasteiger partial charge in [-0.3, -0.25) is 0 Å². The van der Waals surface area contributed by atoms with Gasteiger partial charge in [0.15, 0.2) is 0 Å². The Morgan fingerprint density at radius 2 is 1.41 bits per heavy atom. The van der Waals surface area contributed by atoms with Gasteiger partial charge in [0, 0.05) is 19.6 Å². The van der Waals surface area contributed by atoms with E-state index in [1.807, 2.05) is 6.92 Å². The molecule has 0 spiro atoms. The Balaban J connectivity index is 2.87. The summed E-state index contributed by atoms with van der Waals surface area (Å²) in [6.07, 6.45) is 16.4. The van der Waals surface area contributed by atoms with Crippen LogP contribution in [0.2, 0.25) is 0 Å². The average molecular weight is 240 g/mol. The molecule has 0 aromatic heterocycles. The summed E-state index contributed by atoms with van der Waals surface area (Å²) >= 11 is 0. The van der Waals surface area contributed by atoms with Crippen LogP contribution in [0.15, 0.2) is 0 Å². The molecule has 0 aromatic carbocycles. The fourth-order valence-corrected chi connectivity index (χ4v) is 1.69. The van der Waals surface area contributed by atoms with Gasteiger partial charge in [-0.2, -0.15) is 0 Å². The van der Waals surface area contributed by atoms with Crippen molar-refractivity contribution in [2.45, 2.75) is 64.7 Å². The van der Waals surface area contributed by atoms with Gasteiger partial charge in [-0.05, 0) is 19.8 Å². The molecular weight excluding hydrogens is 212 g/mol. The van der Waals surface area contributed by atoms with Crippen molar-refractivity contribution >= 4 is 0 Å². The van der Waals surface area contributed by atoms with Crippen LogP contribution in [0, 0.1) is 12.3 Å². The minimum Gasteiger partial charge on any atom is -0.356 e. The monoisotopic (exact) mass is 240 g/mol. The Hall–Kier alpha value is -0.520. The third-order valence-corrected chi connectivity index (χ3v) is 2.73. The fraction of sp³-hybridized carbons (Fsp3) is 0.867. The molecule has 0 fully saturated rings. The minimum atomic E-state index is 0.450. The first kappa shape index (κ1) is 16.5. The lowest BCUT2D eigenvalue weighted by atomic mass is 10.1. The summed E-state index contributed by atoms with van der Waals surface area (Å²) in [6, 6.07) is 0. The molecule has 17 heavy (non-hydrogen) atoms. The highest BCUT2D eigenvalue weighted by molar-refractivity contribution is 4.82. The molecular formula is C15H28O2. The van der Waals surface area contributed by atoms with Crippen LogP contribution in [-0.2, 0) is 9.47 Å². The Morgan fingerprint density at radius 3 is 2.00 bits per heavy atom. The molecule has 0 heterocycles. The summed E-state index contributed by atoms with van der Waals surface area (Å²) in [6.45, 7) is 4.00. The molecule has 0 radical (unpaired) electrons. The highest BCUT2D eigenvalue weighted by Gasteiger charge is 1.92. The normalized spacial score (nSPS) is 10.4. The molecule has 0 N–H and O–H groups in total. The van der Waals surface area contributed by atoms with E-state index in [0.29, 0.717) is 6.79 Å². The van der Waals surface area contributed by atoms with Crippen molar-refractivity contribution in [3.63, 3.8) is 0 Å². The Labute approximate surface area is 107 Å². The molecule has 0 saturated carbocycles. The first-order valence-corrected chi connectivity index (χ1v) is 7.00. The van der Waals surface area contributed by atoms with Crippen molar-refractivity contribution in [3.8, 4) is 12.3 Å². The van der Waals surface area contributed by atoms with Crippen molar-refractivity contribution in [1.29, 1.82) is 0 Å². The van der Waals surface area contributed by atoms with Crippen molar-refractivity contribution in [2.75, 3.05) is 20.0 Å². The first-order chi connectivity index (χ1) is 8.41. The van der Waals surface area contributed by atoms with E-state index in [4.69, 9.17) is 15.9 Å². The fourth-order valence-electron chi connectivity index (χ4n) is 1.69. The topological polar surface area (TPSA) is 18.5 Å². The maximum Gasteiger partial charge on any atom is 0.146 e. The summed E-state index contributed by atoms with van der Waals surface area (Å²) in [5, 5.41) is 0. The lowest BCUT2D eigenvalue weighted by Crippen LogP contribution is -2.00. The molecule has 0 unspecified atom stereocenters. The van der Waals surface area contributed by atoms with Gasteiger partial charge in [0.25, 0.3) is 0 Å². The van der Waals surface area contributed by atoms with E-state index in [1.54, 1.807) is 0 Å². The number of unbranched alkanes of at least 4 members (excludes halogenated alkanes) is 8. The Bertz CT molecular complexity index is 172. The van der Waals surface area contributed by atoms with E-state index >= 15 is 0 Å². The minimum absolute atomic E-state index is 0.450. The van der Waals surface area contributed by atoms with E-state index in [1.165, 1.54) is 44.9 Å². The second-order valence-electron chi connectivity index (χ2n) is 4.30. The van der Waals surface area contributed by atoms with Crippen LogP contribution in [0.5, 0.6) is 0 Å². The number of ether oxygens (including phenoxy) is 2. The second-order valence-corrected chi connectivity index (χ2v) is 4.30. The first-order valence-electron chi connectivity index (χ1n) is 7.00. The number of hydrogen-bond donors (Lipinski definition) is 0. The van der Waals surface area contributed by atoms with Gasteiger partial charge in [-0.1, -0.05) is 38.5 Å². The Morgan fingerprint density at radius 1 is 0.824 bits per heavy atom. The zero-order valence-electron chi connectivity index (χ0n) is 11.4. The van der Waals surface area contributed by atoms with Crippen molar-refractivity contribution in [2.24, 2.45) is 0 Å². The summed E-state index contributed by atoms with van der Waals surface area (Å²) in [4.78, 5) is 0. The number of hydrogen-bond acceptors (Lipinski definition) is 2. The van der Waals surface area contributed by atoms with Gasteiger partial charge in [0.05, 0.1) is 0 Å². The SMILES string of the molecule is C#CCCCCCCCCCCOCOCC. The summed E-state index contributed by atoms with van der Waals surface area (Å²) in [7, 11) is 0. The maximum atomic E-state index is 5.31. The largest absolute Gasteiger partial charge is 0.356 e. The highest BCUT2D eigenvalue weighted by Crippen LogP contribution is 2.09. The second kappa shape index (κ2) is 15.5. The molecule has 0 atom stereocenters. The van der Waals surface area contributed by atoms with Gasteiger partial charge < -0.3 is 9.47 Å². The van der Waals surface area contributed by atoms with Crippen LogP contribution in [0.4, 0.5) is 0 Å². The van der Waals surface area contributed by atoms with E-state index in [0.717, 1.165) is 26.1 Å². The molecule has 2 heteroatoms. The third kappa shape index (κ3) is 15.5. The zero-order chi connectivity index (χ0) is 12.6. The van der Waals surface area contributed by atoms with Crippen molar-refractivity contribution < 1.29 is 9.47 Å². The predicted molar refractivity (Wildman–Crippen MR) is 72.8 cm³/mol. The van der Waals surface area contributed by atoms with Crippen molar-refractivity contribution in [1.82, 2.24) is 0 Å². The third-order valence-electron chi connectivity index (χ3n) is 2.73. The van der Waals surface area contributed by atoms with E-state index in [9.17, 15) is 0 Å². The van der Waals surface area contributed by atoms with Gasteiger partial charge in [0.2, 0.25) is 0 Å². The molecule has 2 nitrogen and oxygen atoms in total. The van der Waals surface area contributed by atoms with Crippen LogP contribution in [-0.4, -0.2) is 20.0 Å². The molecule has 0 aromatic rings. The standard InChI is InChI=1S/C15H28O2/c1-3-5-6-7-8-9-10-11-12-13-14-17-15-16-4-2/h1H,4-15H2,2H3. The van der Waals surface area contributed by atoms with E-state index in [-0.39, 0.29) is 0 Å². The van der Waals surface area contributed by atoms with Gasteiger partial charge in [-0.15, -0.1) is 12.3 Å². The van der Waals surface area contributed by atoms with E-state index < -0.39 is 0 Å². The molecule has 0 aliphatic carbocycles. The van der Waals surface area contributed by atoms with Crippen LogP contribution in [0.25, 0.3) is 0 Å². The number of terminal acetylenes is 1.